The third-order valence-corrected chi connectivity index (χ3v) is 0.908. The van der Waals surface area contributed by atoms with E-state index in [-0.39, 0.29) is 68.1 Å². The van der Waals surface area contributed by atoms with Crippen molar-refractivity contribution in [2.24, 2.45) is 0 Å². The fraction of sp³-hybridized carbons (Fsp3) is 0. The maximum atomic E-state index is 10.2. The first kappa shape index (κ1) is 18.3. The summed E-state index contributed by atoms with van der Waals surface area (Å²) in [6.45, 7) is 0. The minimum Gasteiger partial charge on any atom is -1.00 e. The van der Waals surface area contributed by atoms with Crippen LogP contribution < -0.4 is 24.8 Å². The van der Waals surface area contributed by atoms with Crippen molar-refractivity contribution in [3.63, 3.8) is 0 Å². The number of hydrogen-bond acceptors (Lipinski definition) is 2. The molecule has 1 heterocycles. The molecular formula is C6H5CaCl2NO2. The molecule has 1 aromatic heterocycles. The molecule has 0 atom stereocenters. The first-order valence-corrected chi connectivity index (χ1v) is 2.44. The molecule has 0 bridgehead atoms. The summed E-state index contributed by atoms with van der Waals surface area (Å²) < 4.78 is 0. The van der Waals surface area contributed by atoms with E-state index in [1.807, 2.05) is 0 Å². The quantitative estimate of drug-likeness (QED) is 0.493. The molecule has 0 saturated heterocycles. The van der Waals surface area contributed by atoms with Gasteiger partial charge in [0.15, 0.2) is 0 Å². The van der Waals surface area contributed by atoms with Crippen LogP contribution in [-0.4, -0.2) is 53.8 Å². The average Bonchev–Trinajstić information content (AvgIpc) is 1.90. The molecule has 1 rings (SSSR count). The smallest absolute Gasteiger partial charge is 1.00 e. The molecule has 12 heavy (non-hydrogen) atoms. The van der Waals surface area contributed by atoms with E-state index >= 15 is 0 Å². The molecule has 6 heteroatoms. The minimum absolute atomic E-state index is 0. The van der Waals surface area contributed by atoms with E-state index in [4.69, 9.17) is 5.11 Å². The fourth-order valence-electron chi connectivity index (χ4n) is 0.489. The molecule has 62 valence electrons. The number of carboxylic acids is 1. The van der Waals surface area contributed by atoms with Crippen LogP contribution in [0.4, 0.5) is 0 Å². The van der Waals surface area contributed by atoms with E-state index in [0.717, 1.165) is 0 Å². The van der Waals surface area contributed by atoms with Crippen molar-refractivity contribution >= 4 is 43.7 Å². The number of aromatic nitrogens is 1. The van der Waals surface area contributed by atoms with E-state index in [0.29, 0.717) is 0 Å². The van der Waals surface area contributed by atoms with Gasteiger partial charge in [0.25, 0.3) is 0 Å². The number of hydrogen-bond donors (Lipinski definition) is 1. The SMILES string of the molecule is O=C(O)c1cccnc1.[Ca+2].[Cl-].[Cl-]. The Morgan fingerprint density at radius 2 is 2.00 bits per heavy atom. The second-order valence-corrected chi connectivity index (χ2v) is 1.55. The Bertz CT molecular complexity index is 220. The van der Waals surface area contributed by atoms with Crippen molar-refractivity contribution in [3.8, 4) is 0 Å². The zero-order valence-electron chi connectivity index (χ0n) is 6.08. The number of rotatable bonds is 1. The minimum atomic E-state index is -0.942. The van der Waals surface area contributed by atoms with Crippen molar-refractivity contribution in [2.45, 2.75) is 0 Å². The van der Waals surface area contributed by atoms with Gasteiger partial charge in [-0.2, -0.15) is 0 Å². The standard InChI is InChI=1S/C6H5NO2.Ca.2ClH/c8-6(9)5-2-1-3-7-4-5;;;/h1-4H,(H,8,9);;2*1H/q;+2;;/p-2. The van der Waals surface area contributed by atoms with Gasteiger partial charge in [0.05, 0.1) is 5.56 Å². The number of nitrogens with zero attached hydrogens (tertiary/aromatic N) is 1. The molecule has 0 unspecified atom stereocenters. The van der Waals surface area contributed by atoms with Gasteiger partial charge in [-0.05, 0) is 12.1 Å². The van der Waals surface area contributed by atoms with Crippen LogP contribution in [0.5, 0.6) is 0 Å². The monoisotopic (exact) mass is 233 g/mol. The van der Waals surface area contributed by atoms with Crippen LogP contribution >= 0.6 is 0 Å². The van der Waals surface area contributed by atoms with E-state index in [9.17, 15) is 4.79 Å². The first-order chi connectivity index (χ1) is 4.30. The summed E-state index contributed by atoms with van der Waals surface area (Å²) in [4.78, 5) is 13.8. The van der Waals surface area contributed by atoms with Crippen molar-refractivity contribution in [3.05, 3.63) is 30.1 Å². The zero-order chi connectivity index (χ0) is 6.69. The predicted molar refractivity (Wildman–Crippen MR) is 37.0 cm³/mol. The second kappa shape index (κ2) is 9.55. The molecule has 3 nitrogen and oxygen atoms in total. The fourth-order valence-corrected chi connectivity index (χ4v) is 0.489. The summed E-state index contributed by atoms with van der Waals surface area (Å²) >= 11 is 0. The molecule has 0 radical (unpaired) electrons. The van der Waals surface area contributed by atoms with E-state index in [1.165, 1.54) is 18.5 Å². The van der Waals surface area contributed by atoms with Gasteiger partial charge >= 0.3 is 43.7 Å². The van der Waals surface area contributed by atoms with Gasteiger partial charge in [-0.1, -0.05) is 0 Å². The van der Waals surface area contributed by atoms with Gasteiger partial charge in [-0.3, -0.25) is 4.98 Å². The summed E-state index contributed by atoms with van der Waals surface area (Å²) in [7, 11) is 0. The number of carboxylic acid groups (broad SMARTS) is 1. The zero-order valence-corrected chi connectivity index (χ0v) is 9.80. The Morgan fingerprint density at radius 1 is 1.42 bits per heavy atom. The van der Waals surface area contributed by atoms with Gasteiger partial charge in [-0.15, -0.1) is 0 Å². The van der Waals surface area contributed by atoms with Gasteiger partial charge in [-0.25, -0.2) is 4.79 Å². The molecule has 0 fully saturated rings. The van der Waals surface area contributed by atoms with Gasteiger partial charge in [0.1, 0.15) is 0 Å². The third kappa shape index (κ3) is 6.03. The number of pyridine rings is 1. The van der Waals surface area contributed by atoms with Crippen molar-refractivity contribution < 1.29 is 34.7 Å². The summed E-state index contributed by atoms with van der Waals surface area (Å²) in [5.41, 5.74) is 0.220. The Hall–Kier alpha value is 0.460. The van der Waals surface area contributed by atoms with Crippen LogP contribution in [0.25, 0.3) is 0 Å². The molecule has 1 N–H and O–H groups in total. The van der Waals surface area contributed by atoms with Gasteiger partial charge in [0, 0.05) is 12.4 Å². The van der Waals surface area contributed by atoms with Crippen LogP contribution in [0.1, 0.15) is 10.4 Å². The molecule has 0 aromatic carbocycles. The molecule has 0 aliphatic rings. The molecule has 1 aromatic rings. The van der Waals surface area contributed by atoms with Gasteiger partial charge < -0.3 is 29.9 Å². The summed E-state index contributed by atoms with van der Waals surface area (Å²) in [5, 5.41) is 8.34. The first-order valence-electron chi connectivity index (χ1n) is 2.44. The maximum Gasteiger partial charge on any atom is 2.00 e. The normalized spacial score (nSPS) is 6.67. The number of halogens is 2. The molecule has 0 amide bonds. The molecule has 0 saturated carbocycles. The van der Waals surface area contributed by atoms with Crippen molar-refractivity contribution in [2.75, 3.05) is 0 Å². The van der Waals surface area contributed by atoms with Gasteiger partial charge in [0.2, 0.25) is 0 Å². The summed E-state index contributed by atoms with van der Waals surface area (Å²) in [6.07, 6.45) is 2.84. The van der Waals surface area contributed by atoms with Crippen molar-refractivity contribution in [1.29, 1.82) is 0 Å². The Kier molecular flexibility index (Phi) is 14.5. The van der Waals surface area contributed by atoms with Crippen molar-refractivity contribution in [1.82, 2.24) is 4.98 Å². The van der Waals surface area contributed by atoms with Crippen LogP contribution in [0.15, 0.2) is 24.5 Å². The van der Waals surface area contributed by atoms with Crippen LogP contribution in [0.2, 0.25) is 0 Å². The van der Waals surface area contributed by atoms with E-state index < -0.39 is 5.97 Å². The summed E-state index contributed by atoms with van der Waals surface area (Å²) in [5.74, 6) is -0.942. The molecule has 0 aliphatic carbocycles. The Balaban J connectivity index is -0.000000270. The van der Waals surface area contributed by atoms with Crippen LogP contribution in [0.3, 0.4) is 0 Å². The second-order valence-electron chi connectivity index (χ2n) is 1.55. The largest absolute Gasteiger partial charge is 2.00 e. The van der Waals surface area contributed by atoms with Crippen LogP contribution in [0, 0.1) is 0 Å². The molecule has 0 spiro atoms. The maximum absolute atomic E-state index is 10.2. The average molecular weight is 234 g/mol. The van der Waals surface area contributed by atoms with E-state index in [1.54, 1.807) is 6.07 Å². The van der Waals surface area contributed by atoms with E-state index in [2.05, 4.69) is 4.98 Å². The molecular weight excluding hydrogens is 229 g/mol. The number of carbonyl (C=O) groups is 1. The Labute approximate surface area is 112 Å². The third-order valence-electron chi connectivity index (χ3n) is 0.908. The summed E-state index contributed by atoms with van der Waals surface area (Å²) in [6, 6.07) is 3.08. The topological polar surface area (TPSA) is 50.2 Å². The molecule has 0 aliphatic heterocycles. The number of aromatic carboxylic acids is 1. The van der Waals surface area contributed by atoms with Crippen LogP contribution in [-0.2, 0) is 0 Å². The Morgan fingerprint density at radius 3 is 2.25 bits per heavy atom. The predicted octanol–water partition coefficient (Wildman–Crippen LogP) is -5.59.